The van der Waals surface area contributed by atoms with Gasteiger partial charge in [-0.2, -0.15) is 4.40 Å². The Labute approximate surface area is 159 Å². The average molecular weight is 400 g/mol. The number of benzene rings is 1. The van der Waals surface area contributed by atoms with Crippen LogP contribution in [0.2, 0.25) is 0 Å². The number of halogens is 1. The molecule has 5 N–H and O–H groups in total. The summed E-state index contributed by atoms with van der Waals surface area (Å²) in [4.78, 5) is 11.2. The number of nitrogens with two attached hydrogens (primary N) is 2. The Kier molecular flexibility index (Phi) is 8.84. The number of sulfonamides is 1. The van der Waals surface area contributed by atoms with Gasteiger partial charge in [0.1, 0.15) is 5.84 Å². The third kappa shape index (κ3) is 8.96. The topological polar surface area (TPSA) is 136 Å². The molecule has 1 aromatic rings. The van der Waals surface area contributed by atoms with E-state index in [4.69, 9.17) is 11.5 Å². The van der Waals surface area contributed by atoms with E-state index in [0.29, 0.717) is 12.0 Å². The summed E-state index contributed by atoms with van der Waals surface area (Å²) in [6.45, 7) is 1.63. The molecule has 0 spiro atoms. The maximum atomic E-state index is 14.4. The van der Waals surface area contributed by atoms with E-state index in [0.717, 1.165) is 6.26 Å². The highest BCUT2D eigenvalue weighted by Crippen LogP contribution is 2.25. The van der Waals surface area contributed by atoms with Crippen molar-refractivity contribution in [2.75, 3.05) is 6.26 Å². The van der Waals surface area contributed by atoms with Gasteiger partial charge in [-0.3, -0.25) is 4.79 Å². The number of hydrogen-bond donors (Lipinski definition) is 3. The van der Waals surface area contributed by atoms with Crippen molar-refractivity contribution in [3.8, 4) is 0 Å². The second kappa shape index (κ2) is 10.4. The van der Waals surface area contributed by atoms with Gasteiger partial charge in [-0.15, -0.1) is 0 Å². The van der Waals surface area contributed by atoms with Crippen molar-refractivity contribution in [2.45, 2.75) is 38.7 Å². The molecule has 3 unspecified atom stereocenters. The zero-order valence-electron chi connectivity index (χ0n) is 15.5. The molecule has 1 radical (unpaired) electrons. The number of rotatable bonds is 11. The number of nitrogens with zero attached hydrogens (tertiary/aromatic N) is 1. The lowest BCUT2D eigenvalue weighted by molar-refractivity contribution is -0.121. The molecule has 151 valence electrons. The fourth-order valence-electron chi connectivity index (χ4n) is 2.55. The van der Waals surface area contributed by atoms with Gasteiger partial charge in [0, 0.05) is 18.3 Å². The highest BCUT2D eigenvalue weighted by Gasteiger charge is 2.27. The fourth-order valence-corrected chi connectivity index (χ4v) is 3.08. The van der Waals surface area contributed by atoms with Crippen LogP contribution in [-0.2, 0) is 21.2 Å². The van der Waals surface area contributed by atoms with E-state index in [9.17, 15) is 22.7 Å². The van der Waals surface area contributed by atoms with Crippen molar-refractivity contribution in [1.29, 1.82) is 0 Å². The van der Waals surface area contributed by atoms with E-state index in [1.54, 1.807) is 37.3 Å². The molecule has 0 fully saturated rings. The van der Waals surface area contributed by atoms with Gasteiger partial charge in [0.2, 0.25) is 5.91 Å². The number of amidine groups is 1. The Morgan fingerprint density at radius 2 is 1.81 bits per heavy atom. The first kappa shape index (κ1) is 23.0. The predicted molar refractivity (Wildman–Crippen MR) is 103 cm³/mol. The lowest BCUT2D eigenvalue weighted by Crippen LogP contribution is -2.31. The van der Waals surface area contributed by atoms with Crippen molar-refractivity contribution >= 4 is 21.8 Å². The molecule has 0 aliphatic heterocycles. The Morgan fingerprint density at radius 3 is 2.33 bits per heavy atom. The first-order valence-corrected chi connectivity index (χ1v) is 10.4. The first-order valence-electron chi connectivity index (χ1n) is 8.57. The van der Waals surface area contributed by atoms with Crippen LogP contribution in [0.5, 0.6) is 0 Å². The predicted octanol–water partition coefficient (Wildman–Crippen LogP) is 1.32. The van der Waals surface area contributed by atoms with Crippen LogP contribution < -0.4 is 11.5 Å². The minimum absolute atomic E-state index is 0.0600. The maximum Gasteiger partial charge on any atom is 0.251 e. The van der Waals surface area contributed by atoms with Gasteiger partial charge in [0.15, 0.2) is 6.17 Å². The van der Waals surface area contributed by atoms with E-state index in [2.05, 4.69) is 4.40 Å². The van der Waals surface area contributed by atoms with Crippen molar-refractivity contribution in [3.63, 3.8) is 0 Å². The zero-order valence-corrected chi connectivity index (χ0v) is 16.3. The van der Waals surface area contributed by atoms with Crippen LogP contribution in [0.25, 0.3) is 0 Å². The van der Waals surface area contributed by atoms with Crippen LogP contribution in [-0.4, -0.2) is 37.6 Å². The van der Waals surface area contributed by atoms with Gasteiger partial charge in [-0.1, -0.05) is 37.3 Å². The second-order valence-corrected chi connectivity index (χ2v) is 8.34. The lowest BCUT2D eigenvalue weighted by Gasteiger charge is -2.22. The summed E-state index contributed by atoms with van der Waals surface area (Å²) in [6, 6.07) is 8.80. The van der Waals surface area contributed by atoms with Gasteiger partial charge in [-0.05, 0) is 24.8 Å². The van der Waals surface area contributed by atoms with Crippen molar-refractivity contribution in [1.82, 2.24) is 0 Å². The van der Waals surface area contributed by atoms with Gasteiger partial charge in [0.25, 0.3) is 10.0 Å². The molecule has 0 aliphatic rings. The molecule has 3 atom stereocenters. The minimum atomic E-state index is -3.74. The number of carbonyl (C=O) groups excluding carboxylic acids is 1. The summed E-state index contributed by atoms with van der Waals surface area (Å²) in [7, 11) is -3.74. The van der Waals surface area contributed by atoms with Crippen LogP contribution in [0, 0.1) is 18.0 Å². The quantitative estimate of drug-likeness (QED) is 0.380. The molecular weight excluding hydrogens is 373 g/mol. The summed E-state index contributed by atoms with van der Waals surface area (Å²) in [5, 5.41) is 10.2. The molecule has 1 amide bonds. The van der Waals surface area contributed by atoms with E-state index in [1.165, 1.54) is 0 Å². The van der Waals surface area contributed by atoms with Crippen molar-refractivity contribution in [3.05, 3.63) is 42.1 Å². The molecule has 0 bridgehead atoms. The van der Waals surface area contributed by atoms with Gasteiger partial charge >= 0.3 is 0 Å². The Balaban J connectivity index is 2.84. The highest BCUT2D eigenvalue weighted by atomic mass is 32.2. The van der Waals surface area contributed by atoms with Gasteiger partial charge in [-0.25, -0.2) is 12.8 Å². The first-order chi connectivity index (χ1) is 12.5. The standard InChI is InChI=1S/C18H27FN3O4S/c1-12(18(21)24)8-9-14(17(20)22-27(2,25)26)11-16(23)15(19)10-13-6-4-3-5-7-13/h3-7,12,14,16,23H,8-11H2,1-2H3,(H2,20,22)(H2,21,24). The molecule has 1 rings (SSSR count). The number of aliphatic hydroxyl groups excluding tert-OH is 1. The summed E-state index contributed by atoms with van der Waals surface area (Å²) < 4.78 is 40.5. The fraction of sp³-hybridized carbons (Fsp3) is 0.500. The normalized spacial score (nSPS) is 16.1. The van der Waals surface area contributed by atoms with Crippen LogP contribution >= 0.6 is 0 Å². The average Bonchev–Trinajstić information content (AvgIpc) is 2.57. The molecule has 0 aromatic heterocycles. The monoisotopic (exact) mass is 400 g/mol. The lowest BCUT2D eigenvalue weighted by atomic mass is 9.89. The summed E-state index contributed by atoms with van der Waals surface area (Å²) in [6.07, 6.45) is -0.849. The molecule has 0 saturated heterocycles. The minimum Gasteiger partial charge on any atom is -0.390 e. The molecule has 0 heterocycles. The number of carbonyl (C=O) groups is 1. The number of aliphatic hydroxyl groups is 1. The smallest absolute Gasteiger partial charge is 0.251 e. The highest BCUT2D eigenvalue weighted by molar-refractivity contribution is 7.89. The third-order valence-electron chi connectivity index (χ3n) is 4.21. The largest absolute Gasteiger partial charge is 0.390 e. The number of hydrogen-bond acceptors (Lipinski definition) is 4. The van der Waals surface area contributed by atoms with E-state index in [1.807, 2.05) is 0 Å². The molecule has 27 heavy (non-hydrogen) atoms. The van der Waals surface area contributed by atoms with E-state index in [-0.39, 0.29) is 25.1 Å². The Morgan fingerprint density at radius 1 is 1.22 bits per heavy atom. The zero-order chi connectivity index (χ0) is 20.6. The number of primary amides is 1. The van der Waals surface area contributed by atoms with Gasteiger partial charge < -0.3 is 16.6 Å². The van der Waals surface area contributed by atoms with Crippen LogP contribution in [0.15, 0.2) is 34.7 Å². The van der Waals surface area contributed by atoms with Crippen LogP contribution in [0.4, 0.5) is 4.39 Å². The molecule has 1 aromatic carbocycles. The molecular formula is C18H27FN3O4S. The molecule has 0 saturated carbocycles. The summed E-state index contributed by atoms with van der Waals surface area (Å²) in [5.41, 5.74) is 11.7. The number of amides is 1. The van der Waals surface area contributed by atoms with Gasteiger partial charge in [0.05, 0.1) is 12.4 Å². The van der Waals surface area contributed by atoms with Crippen molar-refractivity contribution in [2.24, 2.45) is 27.7 Å². The van der Waals surface area contributed by atoms with E-state index < -0.39 is 40.0 Å². The summed E-state index contributed by atoms with van der Waals surface area (Å²) >= 11 is 0. The van der Waals surface area contributed by atoms with Crippen LogP contribution in [0.3, 0.4) is 0 Å². The van der Waals surface area contributed by atoms with E-state index >= 15 is 0 Å². The Bertz CT molecular complexity index is 740. The third-order valence-corrected chi connectivity index (χ3v) is 4.75. The molecule has 7 nitrogen and oxygen atoms in total. The Hall–Kier alpha value is -2.00. The second-order valence-electron chi connectivity index (χ2n) is 6.69. The SMILES string of the molecule is CC(CCC(CC(O)[C](F)Cc1ccccc1)C(N)=NS(C)(=O)=O)C(N)=O. The molecule has 0 aliphatic carbocycles. The molecule has 9 heteroatoms. The summed E-state index contributed by atoms with van der Waals surface area (Å²) in [5.74, 6) is -1.90. The van der Waals surface area contributed by atoms with Crippen molar-refractivity contribution < 1.29 is 22.7 Å². The van der Waals surface area contributed by atoms with Crippen LogP contribution in [0.1, 0.15) is 31.7 Å². The maximum absolute atomic E-state index is 14.4.